The summed E-state index contributed by atoms with van der Waals surface area (Å²) in [5.74, 6) is 0.560. The summed E-state index contributed by atoms with van der Waals surface area (Å²) >= 11 is 0. The van der Waals surface area contributed by atoms with Crippen LogP contribution in [0.25, 0.3) is 0 Å². The standard InChI is InChI=1S/C13H18N2O2/c1-17-11-7-8-14-12(9-11)13(16)15-10-5-3-2-4-6-10/h7-10H,2-6H2,1H3,(H,15,16). The average Bonchev–Trinajstić information content (AvgIpc) is 2.40. The van der Waals surface area contributed by atoms with Gasteiger partial charge in [0.05, 0.1) is 7.11 Å². The van der Waals surface area contributed by atoms with E-state index in [9.17, 15) is 4.79 Å². The molecule has 17 heavy (non-hydrogen) atoms. The molecule has 4 nitrogen and oxygen atoms in total. The van der Waals surface area contributed by atoms with Crippen molar-refractivity contribution in [1.29, 1.82) is 0 Å². The normalized spacial score (nSPS) is 16.5. The Balaban J connectivity index is 1.98. The highest BCUT2D eigenvalue weighted by atomic mass is 16.5. The Bertz CT molecular complexity index is 387. The molecule has 1 aliphatic rings. The SMILES string of the molecule is COc1ccnc(C(=O)NC2CCCCC2)c1. The van der Waals surface area contributed by atoms with Gasteiger partial charge < -0.3 is 10.1 Å². The number of hydrogen-bond acceptors (Lipinski definition) is 3. The molecule has 0 unspecified atom stereocenters. The maximum absolute atomic E-state index is 12.0. The summed E-state index contributed by atoms with van der Waals surface area (Å²) < 4.78 is 5.07. The molecule has 0 radical (unpaired) electrons. The van der Waals surface area contributed by atoms with Gasteiger partial charge in [0, 0.05) is 18.3 Å². The zero-order valence-corrected chi connectivity index (χ0v) is 10.1. The number of nitrogens with zero attached hydrogens (tertiary/aromatic N) is 1. The van der Waals surface area contributed by atoms with Gasteiger partial charge in [-0.15, -0.1) is 0 Å². The first kappa shape index (κ1) is 11.9. The van der Waals surface area contributed by atoms with Gasteiger partial charge in [-0.2, -0.15) is 0 Å². The minimum atomic E-state index is -0.101. The maximum Gasteiger partial charge on any atom is 0.270 e. The number of rotatable bonds is 3. The van der Waals surface area contributed by atoms with Crippen molar-refractivity contribution in [2.45, 2.75) is 38.1 Å². The van der Waals surface area contributed by atoms with Crippen LogP contribution < -0.4 is 10.1 Å². The third-order valence-electron chi connectivity index (χ3n) is 3.14. The summed E-state index contributed by atoms with van der Waals surface area (Å²) in [6, 6.07) is 3.71. The molecule has 0 spiro atoms. The quantitative estimate of drug-likeness (QED) is 0.871. The Kier molecular flexibility index (Phi) is 3.96. The average molecular weight is 234 g/mol. The minimum absolute atomic E-state index is 0.101. The van der Waals surface area contributed by atoms with E-state index < -0.39 is 0 Å². The smallest absolute Gasteiger partial charge is 0.270 e. The van der Waals surface area contributed by atoms with Crippen LogP contribution in [0.1, 0.15) is 42.6 Å². The van der Waals surface area contributed by atoms with E-state index in [0.29, 0.717) is 17.5 Å². The molecule has 1 amide bonds. The van der Waals surface area contributed by atoms with Gasteiger partial charge >= 0.3 is 0 Å². The van der Waals surface area contributed by atoms with Crippen molar-refractivity contribution in [3.05, 3.63) is 24.0 Å². The van der Waals surface area contributed by atoms with Crippen LogP contribution in [0.2, 0.25) is 0 Å². The molecule has 0 atom stereocenters. The van der Waals surface area contributed by atoms with Crippen molar-refractivity contribution in [2.75, 3.05) is 7.11 Å². The van der Waals surface area contributed by atoms with Crippen LogP contribution in [0.3, 0.4) is 0 Å². The van der Waals surface area contributed by atoms with Gasteiger partial charge in [-0.3, -0.25) is 9.78 Å². The molecule has 1 aromatic rings. The van der Waals surface area contributed by atoms with Crippen molar-refractivity contribution in [3.63, 3.8) is 0 Å². The van der Waals surface area contributed by atoms with Crippen LogP contribution in [0.4, 0.5) is 0 Å². The van der Waals surface area contributed by atoms with E-state index in [1.54, 1.807) is 25.4 Å². The van der Waals surface area contributed by atoms with E-state index in [2.05, 4.69) is 10.3 Å². The molecule has 0 saturated heterocycles. The molecule has 92 valence electrons. The van der Waals surface area contributed by atoms with Crippen LogP contribution in [0, 0.1) is 0 Å². The summed E-state index contributed by atoms with van der Waals surface area (Å²) in [6.07, 6.45) is 7.44. The fourth-order valence-electron chi connectivity index (χ4n) is 2.17. The van der Waals surface area contributed by atoms with Crippen LogP contribution in [0.5, 0.6) is 5.75 Å². The Labute approximate surface area is 101 Å². The molecule has 1 aliphatic carbocycles. The van der Waals surface area contributed by atoms with Crippen molar-refractivity contribution in [2.24, 2.45) is 0 Å². The number of pyridine rings is 1. The lowest BCUT2D eigenvalue weighted by atomic mass is 9.95. The second kappa shape index (κ2) is 5.66. The van der Waals surface area contributed by atoms with Gasteiger partial charge in [0.2, 0.25) is 0 Å². The second-order valence-electron chi connectivity index (χ2n) is 4.39. The van der Waals surface area contributed by atoms with Crippen molar-refractivity contribution in [3.8, 4) is 5.75 Å². The number of hydrogen-bond donors (Lipinski definition) is 1. The van der Waals surface area contributed by atoms with Crippen LogP contribution in [-0.2, 0) is 0 Å². The fraction of sp³-hybridized carbons (Fsp3) is 0.538. The third kappa shape index (κ3) is 3.19. The number of methoxy groups -OCH3 is 1. The first-order valence-electron chi connectivity index (χ1n) is 6.10. The highest BCUT2D eigenvalue weighted by Gasteiger charge is 2.17. The number of carbonyl (C=O) groups is 1. The topological polar surface area (TPSA) is 51.2 Å². The van der Waals surface area contributed by atoms with Crippen LogP contribution in [-0.4, -0.2) is 24.0 Å². The van der Waals surface area contributed by atoms with Gasteiger partial charge in [0.1, 0.15) is 11.4 Å². The predicted molar refractivity (Wildman–Crippen MR) is 65.1 cm³/mol. The van der Waals surface area contributed by atoms with E-state index in [0.717, 1.165) is 12.8 Å². The number of carbonyl (C=O) groups excluding carboxylic acids is 1. The number of nitrogens with one attached hydrogen (secondary N) is 1. The van der Waals surface area contributed by atoms with E-state index in [1.165, 1.54) is 19.3 Å². The maximum atomic E-state index is 12.0. The van der Waals surface area contributed by atoms with E-state index >= 15 is 0 Å². The molecule has 1 N–H and O–H groups in total. The number of amides is 1. The molecular formula is C13H18N2O2. The Morgan fingerprint density at radius 2 is 2.18 bits per heavy atom. The Morgan fingerprint density at radius 3 is 2.88 bits per heavy atom. The zero-order valence-electron chi connectivity index (χ0n) is 10.1. The summed E-state index contributed by atoms with van der Waals surface area (Å²) in [5.41, 5.74) is 0.426. The molecule has 0 bridgehead atoms. The highest BCUT2D eigenvalue weighted by molar-refractivity contribution is 5.92. The van der Waals surface area contributed by atoms with Crippen molar-refractivity contribution in [1.82, 2.24) is 10.3 Å². The van der Waals surface area contributed by atoms with Crippen LogP contribution >= 0.6 is 0 Å². The van der Waals surface area contributed by atoms with Gasteiger partial charge in [-0.05, 0) is 18.9 Å². The minimum Gasteiger partial charge on any atom is -0.497 e. The summed E-state index contributed by atoms with van der Waals surface area (Å²) in [6.45, 7) is 0. The van der Waals surface area contributed by atoms with Crippen LogP contribution in [0.15, 0.2) is 18.3 Å². The lowest BCUT2D eigenvalue weighted by molar-refractivity contribution is 0.0922. The first-order valence-corrected chi connectivity index (χ1v) is 6.10. The van der Waals surface area contributed by atoms with E-state index in [1.807, 2.05) is 0 Å². The molecule has 0 aromatic carbocycles. The molecule has 1 heterocycles. The second-order valence-corrected chi connectivity index (χ2v) is 4.39. The molecule has 1 fully saturated rings. The molecular weight excluding hydrogens is 216 g/mol. The zero-order chi connectivity index (χ0) is 12.1. The Hall–Kier alpha value is -1.58. The van der Waals surface area contributed by atoms with Gasteiger partial charge in [-0.1, -0.05) is 19.3 Å². The van der Waals surface area contributed by atoms with Gasteiger partial charge in [0.25, 0.3) is 5.91 Å². The monoisotopic (exact) mass is 234 g/mol. The molecule has 2 rings (SSSR count). The lowest BCUT2D eigenvalue weighted by Gasteiger charge is -2.22. The summed E-state index contributed by atoms with van der Waals surface area (Å²) in [4.78, 5) is 16.0. The number of aromatic nitrogens is 1. The number of ether oxygens (including phenoxy) is 1. The summed E-state index contributed by atoms with van der Waals surface area (Å²) in [5, 5.41) is 3.03. The highest BCUT2D eigenvalue weighted by Crippen LogP contribution is 2.18. The fourth-order valence-corrected chi connectivity index (χ4v) is 2.17. The molecule has 1 saturated carbocycles. The molecule has 0 aliphatic heterocycles. The third-order valence-corrected chi connectivity index (χ3v) is 3.14. The largest absolute Gasteiger partial charge is 0.497 e. The Morgan fingerprint density at radius 1 is 1.41 bits per heavy atom. The van der Waals surface area contributed by atoms with Gasteiger partial charge in [-0.25, -0.2) is 0 Å². The van der Waals surface area contributed by atoms with E-state index in [-0.39, 0.29) is 5.91 Å². The van der Waals surface area contributed by atoms with Crippen molar-refractivity contribution < 1.29 is 9.53 Å². The van der Waals surface area contributed by atoms with E-state index in [4.69, 9.17) is 4.74 Å². The van der Waals surface area contributed by atoms with Gasteiger partial charge in [0.15, 0.2) is 0 Å². The summed E-state index contributed by atoms with van der Waals surface area (Å²) in [7, 11) is 1.58. The molecule has 1 aromatic heterocycles. The van der Waals surface area contributed by atoms with Crippen molar-refractivity contribution >= 4 is 5.91 Å². The first-order chi connectivity index (χ1) is 8.29. The predicted octanol–water partition coefficient (Wildman–Crippen LogP) is 2.15. The lowest BCUT2D eigenvalue weighted by Crippen LogP contribution is -2.36. The molecule has 4 heteroatoms.